The average Bonchev–Trinajstić information content (AvgIpc) is 3.14. The molecule has 0 aliphatic heterocycles. The number of hydrogen-bond donors (Lipinski definition) is 0. The van der Waals surface area contributed by atoms with Crippen molar-refractivity contribution in [3.05, 3.63) is 12.2 Å². The van der Waals surface area contributed by atoms with E-state index in [1.807, 2.05) is 0 Å². The van der Waals surface area contributed by atoms with Gasteiger partial charge in [0.05, 0.1) is 6.61 Å². The lowest BCUT2D eigenvalue weighted by molar-refractivity contribution is -0.163. The third-order valence-corrected chi connectivity index (χ3v) is 10.3. The van der Waals surface area contributed by atoms with E-state index in [-0.39, 0.29) is 18.5 Å². The van der Waals surface area contributed by atoms with Gasteiger partial charge in [-0.25, -0.2) is 0 Å². The maximum atomic E-state index is 12.5. The maximum absolute atomic E-state index is 12.5. The quantitative estimate of drug-likeness (QED) is 0.0355. The van der Waals surface area contributed by atoms with Crippen molar-refractivity contribution in [2.75, 3.05) is 19.8 Å². The van der Waals surface area contributed by atoms with Gasteiger partial charge in [-0.05, 0) is 44.9 Å². The van der Waals surface area contributed by atoms with Crippen LogP contribution < -0.4 is 0 Å². The topological polar surface area (TPSA) is 61.8 Å². The van der Waals surface area contributed by atoms with Crippen LogP contribution >= 0.6 is 0 Å². The van der Waals surface area contributed by atoms with E-state index < -0.39 is 6.10 Å². The fourth-order valence-corrected chi connectivity index (χ4v) is 6.80. The Labute approximate surface area is 325 Å². The Balaban J connectivity index is 3.96. The van der Waals surface area contributed by atoms with Crippen LogP contribution in [0.2, 0.25) is 0 Å². The molecule has 0 N–H and O–H groups in total. The molecule has 0 aromatic carbocycles. The predicted molar refractivity (Wildman–Crippen MR) is 224 cm³/mol. The zero-order valence-electron chi connectivity index (χ0n) is 35.4. The summed E-state index contributed by atoms with van der Waals surface area (Å²) in [5.74, 6) is -0.398. The van der Waals surface area contributed by atoms with Crippen LogP contribution in [0.4, 0.5) is 0 Å². The molecule has 0 aromatic heterocycles. The largest absolute Gasteiger partial charge is 0.462 e. The lowest BCUT2D eigenvalue weighted by Crippen LogP contribution is -2.30. The Morgan fingerprint density at radius 2 is 0.750 bits per heavy atom. The van der Waals surface area contributed by atoms with Gasteiger partial charge in [-0.1, -0.05) is 206 Å². The molecular weight excluding hydrogens is 645 g/mol. The Morgan fingerprint density at radius 1 is 0.404 bits per heavy atom. The molecule has 0 saturated carbocycles. The van der Waals surface area contributed by atoms with Crippen LogP contribution in [-0.4, -0.2) is 37.9 Å². The van der Waals surface area contributed by atoms with Gasteiger partial charge in [0.15, 0.2) is 6.10 Å². The van der Waals surface area contributed by atoms with Crippen LogP contribution in [0.25, 0.3) is 0 Å². The summed E-state index contributed by atoms with van der Waals surface area (Å²) >= 11 is 0. The Hall–Kier alpha value is -1.36. The van der Waals surface area contributed by atoms with Crippen LogP contribution in [0.3, 0.4) is 0 Å². The monoisotopic (exact) mass is 735 g/mol. The molecule has 308 valence electrons. The van der Waals surface area contributed by atoms with E-state index in [0.717, 1.165) is 38.5 Å². The summed E-state index contributed by atoms with van der Waals surface area (Å²) in [5.41, 5.74) is 0. The molecule has 0 aromatic rings. The smallest absolute Gasteiger partial charge is 0.306 e. The highest BCUT2D eigenvalue weighted by Crippen LogP contribution is 2.15. The number of hydrogen-bond acceptors (Lipinski definition) is 5. The molecule has 0 aliphatic carbocycles. The second kappa shape index (κ2) is 44.0. The average molecular weight is 735 g/mol. The van der Waals surface area contributed by atoms with E-state index in [4.69, 9.17) is 14.2 Å². The summed E-state index contributed by atoms with van der Waals surface area (Å²) in [6.45, 7) is 7.78. The maximum Gasteiger partial charge on any atom is 0.306 e. The molecule has 0 aliphatic rings. The second-order valence-electron chi connectivity index (χ2n) is 15.7. The lowest BCUT2D eigenvalue weighted by Gasteiger charge is -2.18. The zero-order valence-corrected chi connectivity index (χ0v) is 35.4. The zero-order chi connectivity index (χ0) is 37.8. The molecule has 0 spiro atoms. The summed E-state index contributed by atoms with van der Waals surface area (Å²) in [4.78, 5) is 24.9. The molecule has 0 heterocycles. The van der Waals surface area contributed by atoms with Crippen molar-refractivity contribution in [1.82, 2.24) is 0 Å². The van der Waals surface area contributed by atoms with Crippen LogP contribution in [0.15, 0.2) is 12.2 Å². The van der Waals surface area contributed by atoms with Crippen molar-refractivity contribution in [3.63, 3.8) is 0 Å². The summed E-state index contributed by atoms with van der Waals surface area (Å²) in [7, 11) is 0. The number of carbonyl (C=O) groups is 2. The Bertz CT molecular complexity index is 750. The molecule has 0 amide bonds. The van der Waals surface area contributed by atoms with E-state index >= 15 is 0 Å². The van der Waals surface area contributed by atoms with Gasteiger partial charge in [0.2, 0.25) is 0 Å². The minimum Gasteiger partial charge on any atom is -0.462 e. The first kappa shape index (κ1) is 50.6. The lowest BCUT2D eigenvalue weighted by atomic mass is 10.1. The molecule has 0 rings (SSSR count). The van der Waals surface area contributed by atoms with E-state index in [9.17, 15) is 9.59 Å². The fraction of sp³-hybridized carbons (Fsp3) is 0.915. The predicted octanol–water partition coefficient (Wildman–Crippen LogP) is 15.1. The van der Waals surface area contributed by atoms with Gasteiger partial charge < -0.3 is 14.2 Å². The number of unbranched alkanes of at least 4 members (excludes halogenated alkanes) is 30. The minimum atomic E-state index is -0.523. The van der Waals surface area contributed by atoms with Crippen LogP contribution in [-0.2, 0) is 23.8 Å². The molecule has 5 nitrogen and oxygen atoms in total. The van der Waals surface area contributed by atoms with E-state index in [2.05, 4.69) is 32.9 Å². The van der Waals surface area contributed by atoms with Crippen molar-refractivity contribution in [2.24, 2.45) is 0 Å². The Kier molecular flexibility index (Phi) is 42.9. The van der Waals surface area contributed by atoms with Crippen molar-refractivity contribution in [1.29, 1.82) is 0 Å². The highest BCUT2D eigenvalue weighted by atomic mass is 16.6. The number of carbonyl (C=O) groups excluding carboxylic acids is 2. The third-order valence-electron chi connectivity index (χ3n) is 10.3. The standard InChI is InChI=1S/C47H90O5/c1-4-7-10-13-15-17-19-20-21-22-23-24-25-26-27-29-31-33-36-39-42-50-43-45(52-47(49)41-38-34-12-9-6-3)44-51-46(48)40-37-35-32-30-28-18-16-14-11-8-5-2/h20-21,45H,4-19,22-44H2,1-3H3/b21-20-. The normalized spacial score (nSPS) is 12.1. The minimum absolute atomic E-state index is 0.0917. The molecular formula is C47H90O5. The molecule has 5 heteroatoms. The first-order valence-electron chi connectivity index (χ1n) is 23.2. The third kappa shape index (κ3) is 41.4. The van der Waals surface area contributed by atoms with Crippen LogP contribution in [0, 0.1) is 0 Å². The van der Waals surface area contributed by atoms with Crippen molar-refractivity contribution >= 4 is 11.9 Å². The first-order valence-corrected chi connectivity index (χ1v) is 23.2. The molecule has 0 fully saturated rings. The van der Waals surface area contributed by atoms with Gasteiger partial charge in [0.1, 0.15) is 6.61 Å². The van der Waals surface area contributed by atoms with E-state index in [1.165, 1.54) is 180 Å². The molecule has 0 saturated heterocycles. The molecule has 0 bridgehead atoms. The molecule has 52 heavy (non-hydrogen) atoms. The van der Waals surface area contributed by atoms with Crippen LogP contribution in [0.5, 0.6) is 0 Å². The van der Waals surface area contributed by atoms with Gasteiger partial charge in [0, 0.05) is 19.4 Å². The van der Waals surface area contributed by atoms with Crippen molar-refractivity contribution in [3.8, 4) is 0 Å². The fourth-order valence-electron chi connectivity index (χ4n) is 6.80. The number of allylic oxidation sites excluding steroid dienone is 2. The van der Waals surface area contributed by atoms with E-state index in [0.29, 0.717) is 26.1 Å². The number of rotatable bonds is 43. The molecule has 1 unspecified atom stereocenters. The van der Waals surface area contributed by atoms with E-state index in [1.54, 1.807) is 0 Å². The van der Waals surface area contributed by atoms with Gasteiger partial charge in [-0.2, -0.15) is 0 Å². The van der Waals surface area contributed by atoms with Crippen molar-refractivity contribution in [2.45, 2.75) is 258 Å². The highest BCUT2D eigenvalue weighted by molar-refractivity contribution is 5.70. The summed E-state index contributed by atoms with van der Waals surface area (Å²) < 4.78 is 17.2. The molecule has 0 radical (unpaired) electrons. The van der Waals surface area contributed by atoms with Crippen molar-refractivity contribution < 1.29 is 23.8 Å². The SMILES string of the molecule is CCCCCCCC/C=C\CCCCCCCCCCCCOCC(COC(=O)CCCCCCCCCCCCC)OC(=O)CCCCCCC. The second-order valence-corrected chi connectivity index (χ2v) is 15.7. The van der Waals surface area contributed by atoms with Gasteiger partial charge in [-0.3, -0.25) is 9.59 Å². The summed E-state index contributed by atoms with van der Waals surface area (Å²) in [6, 6.07) is 0. The first-order chi connectivity index (χ1) is 25.6. The van der Waals surface area contributed by atoms with Gasteiger partial charge in [-0.15, -0.1) is 0 Å². The summed E-state index contributed by atoms with van der Waals surface area (Å²) in [5, 5.41) is 0. The van der Waals surface area contributed by atoms with Gasteiger partial charge in [0.25, 0.3) is 0 Å². The van der Waals surface area contributed by atoms with Gasteiger partial charge >= 0.3 is 11.9 Å². The molecule has 1 atom stereocenters. The van der Waals surface area contributed by atoms with Crippen LogP contribution in [0.1, 0.15) is 252 Å². The summed E-state index contributed by atoms with van der Waals surface area (Å²) in [6.07, 6.45) is 48.1. The highest BCUT2D eigenvalue weighted by Gasteiger charge is 2.17. The number of ether oxygens (including phenoxy) is 3. The number of esters is 2. The Morgan fingerprint density at radius 3 is 1.17 bits per heavy atom.